The molecule has 9 heteroatoms. The van der Waals surface area contributed by atoms with E-state index in [0.717, 1.165) is 51.4 Å². The van der Waals surface area contributed by atoms with Crippen LogP contribution in [0.3, 0.4) is 0 Å². The zero-order valence-electron chi connectivity index (χ0n) is 49.7. The molecule has 0 aliphatic carbocycles. The second-order valence-electron chi connectivity index (χ2n) is 23.1. The molecule has 0 fully saturated rings. The fraction of sp³-hybridized carbons (Fsp3) is 0.892. The number of carbonyl (C=O) groups excluding carboxylic acids is 3. The fourth-order valence-electron chi connectivity index (χ4n) is 9.51. The van der Waals surface area contributed by atoms with Crippen molar-refractivity contribution in [3.63, 3.8) is 0 Å². The number of aliphatic carboxylic acids is 1. The number of allylic oxidation sites excluding steroid dienone is 4. The summed E-state index contributed by atoms with van der Waals surface area (Å²) in [6.07, 6.45) is 65.4. The molecular formula is C65H123NO8. The van der Waals surface area contributed by atoms with Crippen LogP contribution in [-0.2, 0) is 33.3 Å². The molecular weight excluding hydrogens is 923 g/mol. The summed E-state index contributed by atoms with van der Waals surface area (Å²) in [7, 11) is 5.93. The second-order valence-corrected chi connectivity index (χ2v) is 23.1. The lowest BCUT2D eigenvalue weighted by Crippen LogP contribution is -2.44. The molecule has 2 unspecified atom stereocenters. The molecule has 0 bridgehead atoms. The van der Waals surface area contributed by atoms with Gasteiger partial charge in [0.1, 0.15) is 13.2 Å². The Bertz CT molecular complexity index is 1260. The molecule has 0 aromatic heterocycles. The highest BCUT2D eigenvalue weighted by molar-refractivity contribution is 5.70. The predicted octanol–water partition coefficient (Wildman–Crippen LogP) is 17.7. The molecule has 0 N–H and O–H groups in total. The monoisotopic (exact) mass is 1050 g/mol. The summed E-state index contributed by atoms with van der Waals surface area (Å²) in [6.45, 7) is 4.78. The van der Waals surface area contributed by atoms with Crippen LogP contribution < -0.4 is 5.11 Å². The summed E-state index contributed by atoms with van der Waals surface area (Å²) in [4.78, 5) is 37.3. The Labute approximate surface area is 458 Å². The molecule has 0 aromatic rings. The smallest absolute Gasteiger partial charge is 0.306 e. The van der Waals surface area contributed by atoms with Crippen molar-refractivity contribution in [2.24, 2.45) is 0 Å². The van der Waals surface area contributed by atoms with Gasteiger partial charge in [-0.05, 0) is 44.9 Å². The first-order valence-electron chi connectivity index (χ1n) is 32.0. The highest BCUT2D eigenvalue weighted by atomic mass is 16.7. The van der Waals surface area contributed by atoms with E-state index >= 15 is 0 Å². The van der Waals surface area contributed by atoms with Gasteiger partial charge in [0, 0.05) is 12.8 Å². The largest absolute Gasteiger partial charge is 0.545 e. The van der Waals surface area contributed by atoms with E-state index in [9.17, 15) is 19.5 Å². The van der Waals surface area contributed by atoms with Crippen LogP contribution in [0, 0.1) is 0 Å². The van der Waals surface area contributed by atoms with Gasteiger partial charge in [0.2, 0.25) is 0 Å². The maximum absolute atomic E-state index is 12.9. The molecule has 2 atom stereocenters. The van der Waals surface area contributed by atoms with E-state index in [2.05, 4.69) is 38.2 Å². The van der Waals surface area contributed by atoms with Crippen LogP contribution >= 0.6 is 0 Å². The molecule has 9 nitrogen and oxygen atoms in total. The number of ether oxygens (including phenoxy) is 4. The van der Waals surface area contributed by atoms with Crippen molar-refractivity contribution in [3.8, 4) is 0 Å². The van der Waals surface area contributed by atoms with Crippen LogP contribution in [0.15, 0.2) is 24.3 Å². The lowest BCUT2D eigenvalue weighted by molar-refractivity contribution is -0.870. The first-order chi connectivity index (χ1) is 36.1. The average Bonchev–Trinajstić information content (AvgIpc) is 3.37. The van der Waals surface area contributed by atoms with Crippen molar-refractivity contribution in [2.75, 3.05) is 47.5 Å². The summed E-state index contributed by atoms with van der Waals surface area (Å²) in [5, 5.41) is 11.8. The molecule has 0 aromatic carbocycles. The van der Waals surface area contributed by atoms with Crippen molar-refractivity contribution >= 4 is 17.9 Å². The van der Waals surface area contributed by atoms with Crippen molar-refractivity contribution < 1.29 is 42.9 Å². The van der Waals surface area contributed by atoms with Gasteiger partial charge in [-0.2, -0.15) is 0 Å². The van der Waals surface area contributed by atoms with Crippen molar-refractivity contribution in [2.45, 2.75) is 328 Å². The molecule has 0 aliphatic heterocycles. The Morgan fingerprint density at radius 1 is 0.405 bits per heavy atom. The third kappa shape index (κ3) is 57.5. The summed E-state index contributed by atoms with van der Waals surface area (Å²) >= 11 is 0. The van der Waals surface area contributed by atoms with E-state index in [1.807, 2.05) is 21.1 Å². The van der Waals surface area contributed by atoms with Gasteiger partial charge in [-0.3, -0.25) is 9.59 Å². The van der Waals surface area contributed by atoms with E-state index in [1.165, 1.54) is 231 Å². The quantitative estimate of drug-likeness (QED) is 0.0195. The number of unbranched alkanes of at least 4 members (excludes halogenated alkanes) is 41. The number of quaternary nitrogens is 1. The van der Waals surface area contributed by atoms with E-state index in [0.29, 0.717) is 23.9 Å². The molecule has 0 spiro atoms. The highest BCUT2D eigenvalue weighted by Crippen LogP contribution is 2.18. The zero-order chi connectivity index (χ0) is 54.1. The molecule has 0 amide bonds. The van der Waals surface area contributed by atoms with E-state index in [-0.39, 0.29) is 32.2 Å². The Morgan fingerprint density at radius 2 is 0.730 bits per heavy atom. The Hall–Kier alpha value is -2.23. The minimum atomic E-state index is -1.62. The standard InChI is InChI=1S/C65H123NO8/c1-6-8-10-12-14-16-18-20-22-24-26-27-28-29-30-31-32-33-34-35-36-37-38-40-41-43-45-47-49-51-53-55-62(67)72-59-61(60-73-65(64(69)70)71-58-57-66(3,4)5)74-63(68)56-54-52-50-48-46-44-42-39-25-23-21-19-17-15-13-11-9-7-2/h17,19,23,25,61,65H,6-16,18,20-22,24,26-60H2,1-5H3/b19-17-,25-23-. The van der Waals surface area contributed by atoms with E-state index in [4.69, 9.17) is 18.9 Å². The summed E-state index contributed by atoms with van der Waals surface area (Å²) in [6, 6.07) is 0. The molecule has 0 aliphatic rings. The fourth-order valence-corrected chi connectivity index (χ4v) is 9.51. The Kier molecular flexibility index (Phi) is 55.2. The molecule has 74 heavy (non-hydrogen) atoms. The number of rotatable bonds is 60. The molecule has 436 valence electrons. The van der Waals surface area contributed by atoms with Crippen LogP contribution in [0.2, 0.25) is 0 Å². The Balaban J connectivity index is 4.06. The van der Waals surface area contributed by atoms with Gasteiger partial charge >= 0.3 is 11.9 Å². The van der Waals surface area contributed by atoms with E-state index in [1.54, 1.807) is 0 Å². The minimum Gasteiger partial charge on any atom is -0.545 e. The topological polar surface area (TPSA) is 111 Å². The number of hydrogen-bond donors (Lipinski definition) is 0. The SMILES string of the molecule is CCCCCC/C=C\C/C=C\CCCCCCCCCC(=O)OC(COC(=O)CCCCCCCCCCCCCCCCCCCCCCCCCCCCCCCCC)COC(OCC[N+](C)(C)C)C(=O)[O-]. The third-order valence-corrected chi connectivity index (χ3v) is 14.5. The number of carboxylic acids is 1. The molecule has 0 rings (SSSR count). The van der Waals surface area contributed by atoms with Crippen molar-refractivity contribution in [1.82, 2.24) is 0 Å². The number of esters is 2. The van der Waals surface area contributed by atoms with Gasteiger partial charge in [0.05, 0.1) is 40.3 Å². The second kappa shape index (κ2) is 57.0. The number of hydrogen-bond acceptors (Lipinski definition) is 8. The number of carbonyl (C=O) groups is 3. The normalized spacial score (nSPS) is 12.8. The van der Waals surface area contributed by atoms with Crippen molar-refractivity contribution in [3.05, 3.63) is 24.3 Å². The van der Waals surface area contributed by atoms with Crippen LogP contribution in [-0.4, -0.2) is 82.3 Å². The van der Waals surface area contributed by atoms with Gasteiger partial charge in [-0.15, -0.1) is 0 Å². The van der Waals surface area contributed by atoms with Gasteiger partial charge in [-0.1, -0.05) is 282 Å². The number of likely N-dealkylation sites (N-methyl/N-ethyl adjacent to an activating group) is 1. The van der Waals surface area contributed by atoms with Gasteiger partial charge in [-0.25, -0.2) is 0 Å². The first kappa shape index (κ1) is 71.8. The van der Waals surface area contributed by atoms with Gasteiger partial charge in [0.15, 0.2) is 12.4 Å². The molecule has 0 heterocycles. The Morgan fingerprint density at radius 3 is 1.08 bits per heavy atom. The summed E-state index contributed by atoms with van der Waals surface area (Å²) in [5.74, 6) is -2.27. The van der Waals surface area contributed by atoms with Crippen LogP contribution in [0.25, 0.3) is 0 Å². The lowest BCUT2D eigenvalue weighted by Gasteiger charge is -2.26. The summed E-state index contributed by atoms with van der Waals surface area (Å²) < 4.78 is 22.7. The van der Waals surface area contributed by atoms with Crippen LogP contribution in [0.1, 0.15) is 316 Å². The maximum atomic E-state index is 12.9. The average molecular weight is 1050 g/mol. The molecule has 0 saturated carbocycles. The van der Waals surface area contributed by atoms with Crippen molar-refractivity contribution in [1.29, 1.82) is 0 Å². The van der Waals surface area contributed by atoms with Crippen LogP contribution in [0.5, 0.6) is 0 Å². The predicted molar refractivity (Wildman–Crippen MR) is 311 cm³/mol. The van der Waals surface area contributed by atoms with Gasteiger partial charge in [0.25, 0.3) is 0 Å². The zero-order valence-corrected chi connectivity index (χ0v) is 49.7. The summed E-state index contributed by atoms with van der Waals surface area (Å²) in [5.41, 5.74) is 0. The number of nitrogens with zero attached hydrogens (tertiary/aromatic N) is 1. The third-order valence-electron chi connectivity index (χ3n) is 14.5. The maximum Gasteiger partial charge on any atom is 0.306 e. The number of carboxylic acid groups (broad SMARTS) is 1. The van der Waals surface area contributed by atoms with Gasteiger partial charge < -0.3 is 33.3 Å². The van der Waals surface area contributed by atoms with Crippen LogP contribution in [0.4, 0.5) is 0 Å². The first-order valence-corrected chi connectivity index (χ1v) is 32.0. The molecule has 0 saturated heterocycles. The lowest BCUT2D eigenvalue weighted by atomic mass is 10.0. The minimum absolute atomic E-state index is 0.148. The highest BCUT2D eigenvalue weighted by Gasteiger charge is 2.22. The van der Waals surface area contributed by atoms with E-state index < -0.39 is 24.3 Å². The molecule has 0 radical (unpaired) electrons.